The van der Waals surface area contributed by atoms with Gasteiger partial charge in [0.15, 0.2) is 0 Å². The summed E-state index contributed by atoms with van der Waals surface area (Å²) < 4.78 is 0.908. The van der Waals surface area contributed by atoms with E-state index in [0.29, 0.717) is 6.04 Å². The lowest BCUT2D eigenvalue weighted by Gasteiger charge is -2.23. The van der Waals surface area contributed by atoms with Gasteiger partial charge in [-0.05, 0) is 38.4 Å². The maximum atomic E-state index is 5.34. The van der Waals surface area contributed by atoms with Crippen LogP contribution in [0.15, 0.2) is 18.3 Å². The number of nitrogens with zero attached hydrogens (tertiary/aromatic N) is 1. The van der Waals surface area contributed by atoms with Crippen molar-refractivity contribution in [2.45, 2.75) is 32.2 Å². The average Bonchev–Trinajstić information content (AvgIpc) is 2.67. The van der Waals surface area contributed by atoms with Crippen LogP contribution in [-0.4, -0.2) is 23.0 Å². The molecule has 2 heterocycles. The lowest BCUT2D eigenvalue weighted by molar-refractivity contribution is 0.257. The van der Waals surface area contributed by atoms with Gasteiger partial charge in [0.05, 0.1) is 0 Å². The van der Waals surface area contributed by atoms with Crippen LogP contribution in [0.4, 0.5) is 0 Å². The first-order valence-corrected chi connectivity index (χ1v) is 6.15. The van der Waals surface area contributed by atoms with Gasteiger partial charge in [-0.15, -0.1) is 0 Å². The zero-order valence-corrected chi connectivity index (χ0v) is 10.0. The van der Waals surface area contributed by atoms with Crippen LogP contribution < -0.4 is 0 Å². The van der Waals surface area contributed by atoms with Crippen LogP contribution >= 0.6 is 12.2 Å². The van der Waals surface area contributed by atoms with Gasteiger partial charge in [-0.2, -0.15) is 0 Å². The lowest BCUT2D eigenvalue weighted by Crippen LogP contribution is -2.24. The fraction of sp³-hybridized carbons (Fsp3) is 0.583. The van der Waals surface area contributed by atoms with Gasteiger partial charge in [-0.3, -0.25) is 4.90 Å². The van der Waals surface area contributed by atoms with Crippen molar-refractivity contribution in [2.75, 3.05) is 13.1 Å². The lowest BCUT2D eigenvalue weighted by atomic mass is 10.1. The highest BCUT2D eigenvalue weighted by molar-refractivity contribution is 7.71. The molecule has 0 spiro atoms. The smallest absolute Gasteiger partial charge is 0.108 e. The summed E-state index contributed by atoms with van der Waals surface area (Å²) in [5, 5.41) is 0. The van der Waals surface area contributed by atoms with E-state index >= 15 is 0 Å². The molecule has 1 aliphatic rings. The number of rotatable bonds is 3. The second-order valence-electron chi connectivity index (χ2n) is 4.15. The largest absolute Gasteiger partial charge is 0.353 e. The van der Waals surface area contributed by atoms with Gasteiger partial charge in [0.1, 0.15) is 4.64 Å². The molecule has 2 rings (SSSR count). The van der Waals surface area contributed by atoms with E-state index in [1.807, 2.05) is 12.3 Å². The molecule has 1 saturated heterocycles. The highest BCUT2D eigenvalue weighted by Gasteiger charge is 2.25. The average molecular weight is 222 g/mol. The van der Waals surface area contributed by atoms with E-state index in [-0.39, 0.29) is 0 Å². The van der Waals surface area contributed by atoms with Crippen molar-refractivity contribution in [1.82, 2.24) is 9.88 Å². The molecule has 0 aromatic carbocycles. The Balaban J connectivity index is 2.23. The Bertz CT molecular complexity index is 372. The van der Waals surface area contributed by atoms with Crippen molar-refractivity contribution >= 4 is 12.2 Å². The maximum Gasteiger partial charge on any atom is 0.108 e. The monoisotopic (exact) mass is 222 g/mol. The molecule has 0 aliphatic carbocycles. The Hall–Kier alpha value is -0.670. The highest BCUT2D eigenvalue weighted by Crippen LogP contribution is 2.31. The minimum Gasteiger partial charge on any atom is -0.353 e. The first-order valence-electron chi connectivity index (χ1n) is 5.74. The van der Waals surface area contributed by atoms with Gasteiger partial charge < -0.3 is 4.98 Å². The van der Waals surface area contributed by atoms with Crippen molar-refractivity contribution in [2.24, 2.45) is 0 Å². The fourth-order valence-corrected chi connectivity index (χ4v) is 2.70. The molecule has 3 heteroatoms. The van der Waals surface area contributed by atoms with Crippen LogP contribution in [0.2, 0.25) is 0 Å². The Morgan fingerprint density at radius 1 is 1.60 bits per heavy atom. The molecule has 0 saturated carbocycles. The van der Waals surface area contributed by atoms with Gasteiger partial charge in [0.2, 0.25) is 0 Å². The molecule has 0 amide bonds. The number of aromatic nitrogens is 1. The first-order chi connectivity index (χ1) is 7.33. The third-order valence-electron chi connectivity index (χ3n) is 3.08. The zero-order chi connectivity index (χ0) is 10.7. The predicted molar refractivity (Wildman–Crippen MR) is 65.5 cm³/mol. The van der Waals surface area contributed by atoms with Crippen LogP contribution in [0, 0.1) is 4.64 Å². The molecule has 0 radical (unpaired) electrons. The standard InChI is InChI=1S/C12H18N2S/c1-2-8-14-9-4-6-11(14)10-5-3-7-13-12(10)15/h3,5,7,11H,2,4,6,8-9H2,1H3,(H,13,15)/t11-/m1/s1. The number of hydrogen-bond acceptors (Lipinski definition) is 2. The molecule has 15 heavy (non-hydrogen) atoms. The molecule has 1 N–H and O–H groups in total. The molecular weight excluding hydrogens is 204 g/mol. The molecule has 1 aliphatic heterocycles. The van der Waals surface area contributed by atoms with Gasteiger partial charge in [-0.25, -0.2) is 0 Å². The van der Waals surface area contributed by atoms with Crippen molar-refractivity contribution < 1.29 is 0 Å². The van der Waals surface area contributed by atoms with Crippen LogP contribution in [0.5, 0.6) is 0 Å². The molecule has 0 bridgehead atoms. The number of aromatic amines is 1. The minimum absolute atomic E-state index is 0.551. The van der Waals surface area contributed by atoms with Crippen molar-refractivity contribution in [3.8, 4) is 0 Å². The first kappa shape index (κ1) is 10.8. The second-order valence-corrected chi connectivity index (χ2v) is 4.56. The Kier molecular flexibility index (Phi) is 3.54. The molecule has 1 aromatic rings. The molecule has 82 valence electrons. The summed E-state index contributed by atoms with van der Waals surface area (Å²) in [6.07, 6.45) is 5.68. The highest BCUT2D eigenvalue weighted by atomic mass is 32.1. The summed E-state index contributed by atoms with van der Waals surface area (Å²) in [4.78, 5) is 5.68. The van der Waals surface area contributed by atoms with Crippen LogP contribution in [0.1, 0.15) is 37.8 Å². The SMILES string of the molecule is CCCN1CCC[C@@H]1c1ccc[nH]c1=S. The number of hydrogen-bond donors (Lipinski definition) is 1. The number of nitrogens with one attached hydrogen (secondary N) is 1. The topological polar surface area (TPSA) is 19.0 Å². The van der Waals surface area contributed by atoms with E-state index in [0.717, 1.165) is 4.64 Å². The normalized spacial score (nSPS) is 22.1. The third-order valence-corrected chi connectivity index (χ3v) is 3.44. The summed E-state index contributed by atoms with van der Waals surface area (Å²) in [5.74, 6) is 0. The summed E-state index contributed by atoms with van der Waals surface area (Å²) in [5.41, 5.74) is 1.30. The van der Waals surface area contributed by atoms with Crippen LogP contribution in [-0.2, 0) is 0 Å². The Morgan fingerprint density at radius 3 is 3.20 bits per heavy atom. The van der Waals surface area contributed by atoms with Crippen LogP contribution in [0.3, 0.4) is 0 Å². The molecule has 1 aromatic heterocycles. The van der Waals surface area contributed by atoms with Gasteiger partial charge in [0, 0.05) is 17.8 Å². The summed E-state index contributed by atoms with van der Waals surface area (Å²) in [7, 11) is 0. The van der Waals surface area contributed by atoms with E-state index in [2.05, 4.69) is 22.9 Å². The van der Waals surface area contributed by atoms with Crippen molar-refractivity contribution in [3.05, 3.63) is 28.5 Å². The van der Waals surface area contributed by atoms with E-state index in [1.54, 1.807) is 0 Å². The molecule has 1 atom stereocenters. The second kappa shape index (κ2) is 4.90. The van der Waals surface area contributed by atoms with Crippen molar-refractivity contribution in [1.29, 1.82) is 0 Å². The molecule has 1 fully saturated rings. The molecule has 0 unspecified atom stereocenters. The van der Waals surface area contributed by atoms with E-state index < -0.39 is 0 Å². The van der Waals surface area contributed by atoms with E-state index in [9.17, 15) is 0 Å². The maximum absolute atomic E-state index is 5.34. The van der Waals surface area contributed by atoms with Gasteiger partial charge in [0.25, 0.3) is 0 Å². The van der Waals surface area contributed by atoms with E-state index in [1.165, 1.54) is 37.9 Å². The quantitative estimate of drug-likeness (QED) is 0.791. The van der Waals surface area contributed by atoms with Crippen molar-refractivity contribution in [3.63, 3.8) is 0 Å². The molecule has 2 nitrogen and oxygen atoms in total. The number of likely N-dealkylation sites (tertiary alicyclic amines) is 1. The van der Waals surface area contributed by atoms with Gasteiger partial charge in [-0.1, -0.05) is 25.2 Å². The summed E-state index contributed by atoms with van der Waals surface area (Å²) >= 11 is 5.34. The third kappa shape index (κ3) is 2.29. The Labute approximate surface area is 96.3 Å². The van der Waals surface area contributed by atoms with E-state index in [4.69, 9.17) is 12.2 Å². The summed E-state index contributed by atoms with van der Waals surface area (Å²) in [6, 6.07) is 4.76. The number of H-pyrrole nitrogens is 1. The fourth-order valence-electron chi connectivity index (χ4n) is 2.43. The molecular formula is C12H18N2S. The summed E-state index contributed by atoms with van der Waals surface area (Å²) in [6.45, 7) is 4.65. The Morgan fingerprint density at radius 2 is 2.47 bits per heavy atom. The van der Waals surface area contributed by atoms with Crippen LogP contribution in [0.25, 0.3) is 0 Å². The van der Waals surface area contributed by atoms with Gasteiger partial charge >= 0.3 is 0 Å². The minimum atomic E-state index is 0.551. The number of pyridine rings is 1. The predicted octanol–water partition coefficient (Wildman–Crippen LogP) is 3.29. The zero-order valence-electron chi connectivity index (χ0n) is 9.20.